The van der Waals surface area contributed by atoms with Crippen LogP contribution in [-0.4, -0.2) is 21.9 Å². The number of halogens is 3. The summed E-state index contributed by atoms with van der Waals surface area (Å²) in [5.74, 6) is -2.18. The van der Waals surface area contributed by atoms with Crippen LogP contribution in [0, 0.1) is 0 Å². The second-order valence-corrected chi connectivity index (χ2v) is 5.06. The standard InChI is InChI=1S/C14H15F3N6O2/c15-14(16,17)10(24)8(18)7-3-1-6(2-4-7)5-25-12-9(19)11(20)22-13(21)23-12/h1-4,8H,5,18-19H2,(H4,20,21,22,23). The van der Waals surface area contributed by atoms with Crippen molar-refractivity contribution in [2.45, 2.75) is 18.8 Å². The van der Waals surface area contributed by atoms with Gasteiger partial charge in [-0.1, -0.05) is 24.3 Å². The topological polar surface area (TPSA) is 156 Å². The number of nitrogen functional groups attached to an aromatic ring is 3. The van der Waals surface area contributed by atoms with E-state index in [1.54, 1.807) is 0 Å². The SMILES string of the molecule is Nc1nc(N)c(N)c(OCc2ccc(C(N)C(=O)C(F)(F)F)cc2)n1. The first-order valence-electron chi connectivity index (χ1n) is 6.86. The minimum absolute atomic E-state index is 0.0111. The van der Waals surface area contributed by atoms with E-state index in [4.69, 9.17) is 27.7 Å². The Morgan fingerprint density at radius 1 is 1.12 bits per heavy atom. The molecule has 134 valence electrons. The molecule has 0 aliphatic rings. The number of nitrogens with zero attached hydrogens (tertiary/aromatic N) is 2. The number of aromatic nitrogens is 2. The van der Waals surface area contributed by atoms with Crippen LogP contribution in [0.25, 0.3) is 0 Å². The first kappa shape index (κ1) is 18.3. The van der Waals surface area contributed by atoms with Crippen molar-refractivity contribution in [2.24, 2.45) is 5.73 Å². The molecule has 1 heterocycles. The molecule has 0 radical (unpaired) electrons. The van der Waals surface area contributed by atoms with E-state index in [1.165, 1.54) is 24.3 Å². The Hall–Kier alpha value is -3.08. The van der Waals surface area contributed by atoms with Gasteiger partial charge in [0, 0.05) is 0 Å². The highest BCUT2D eigenvalue weighted by molar-refractivity contribution is 5.89. The molecule has 0 saturated heterocycles. The zero-order valence-electron chi connectivity index (χ0n) is 12.7. The maximum absolute atomic E-state index is 12.4. The first-order chi connectivity index (χ1) is 11.6. The number of anilines is 3. The van der Waals surface area contributed by atoms with Gasteiger partial charge in [-0.2, -0.15) is 23.1 Å². The van der Waals surface area contributed by atoms with Gasteiger partial charge in [0.2, 0.25) is 11.8 Å². The van der Waals surface area contributed by atoms with Gasteiger partial charge in [0.25, 0.3) is 5.78 Å². The molecular formula is C14H15F3N6O2. The molecule has 1 aromatic heterocycles. The summed E-state index contributed by atoms with van der Waals surface area (Å²) in [6.45, 7) is -0.0111. The van der Waals surface area contributed by atoms with Crippen LogP contribution in [0.15, 0.2) is 24.3 Å². The van der Waals surface area contributed by atoms with Gasteiger partial charge in [0.15, 0.2) is 5.82 Å². The fraction of sp³-hybridized carbons (Fsp3) is 0.214. The summed E-state index contributed by atoms with van der Waals surface area (Å²) in [5.41, 5.74) is 22.6. The molecular weight excluding hydrogens is 341 g/mol. The van der Waals surface area contributed by atoms with E-state index in [0.717, 1.165) is 0 Å². The summed E-state index contributed by atoms with van der Waals surface area (Å²) < 4.78 is 42.5. The number of carbonyl (C=O) groups is 1. The monoisotopic (exact) mass is 356 g/mol. The van der Waals surface area contributed by atoms with Crippen molar-refractivity contribution in [1.29, 1.82) is 0 Å². The Kier molecular flexibility index (Phi) is 4.97. The maximum atomic E-state index is 12.4. The molecule has 2 rings (SSSR count). The van der Waals surface area contributed by atoms with Crippen LogP contribution >= 0.6 is 0 Å². The van der Waals surface area contributed by atoms with Gasteiger partial charge >= 0.3 is 6.18 Å². The fourth-order valence-corrected chi connectivity index (χ4v) is 1.89. The van der Waals surface area contributed by atoms with E-state index < -0.39 is 18.0 Å². The fourth-order valence-electron chi connectivity index (χ4n) is 1.89. The molecule has 11 heteroatoms. The molecule has 0 saturated carbocycles. The Morgan fingerprint density at radius 3 is 2.28 bits per heavy atom. The van der Waals surface area contributed by atoms with Crippen molar-refractivity contribution in [1.82, 2.24) is 9.97 Å². The van der Waals surface area contributed by atoms with Gasteiger partial charge in [-0.15, -0.1) is 0 Å². The van der Waals surface area contributed by atoms with Crippen LogP contribution in [0.2, 0.25) is 0 Å². The highest BCUT2D eigenvalue weighted by atomic mass is 19.4. The van der Waals surface area contributed by atoms with Gasteiger partial charge in [-0.3, -0.25) is 4.79 Å². The average molecular weight is 356 g/mol. The number of ketones is 1. The van der Waals surface area contributed by atoms with Gasteiger partial charge < -0.3 is 27.7 Å². The third-order valence-electron chi connectivity index (χ3n) is 3.23. The molecule has 2 aromatic rings. The quantitative estimate of drug-likeness (QED) is 0.616. The van der Waals surface area contributed by atoms with Gasteiger partial charge in [0.05, 0.1) is 6.04 Å². The molecule has 8 N–H and O–H groups in total. The lowest BCUT2D eigenvalue weighted by Gasteiger charge is -2.14. The smallest absolute Gasteiger partial charge is 0.452 e. The van der Waals surface area contributed by atoms with Crippen molar-refractivity contribution in [2.75, 3.05) is 17.2 Å². The summed E-state index contributed by atoms with van der Waals surface area (Å²) in [5, 5.41) is 0. The molecule has 1 unspecified atom stereocenters. The zero-order chi connectivity index (χ0) is 18.8. The second kappa shape index (κ2) is 6.81. The molecule has 0 bridgehead atoms. The number of benzene rings is 1. The number of nitrogens with two attached hydrogens (primary N) is 4. The normalized spacial score (nSPS) is 12.6. The number of hydrogen-bond donors (Lipinski definition) is 4. The van der Waals surface area contributed by atoms with Crippen molar-refractivity contribution in [3.8, 4) is 5.88 Å². The zero-order valence-corrected chi connectivity index (χ0v) is 12.7. The lowest BCUT2D eigenvalue weighted by atomic mass is 10.0. The van der Waals surface area contributed by atoms with Gasteiger partial charge in [-0.05, 0) is 11.1 Å². The van der Waals surface area contributed by atoms with Gasteiger partial charge in [0.1, 0.15) is 12.3 Å². The van der Waals surface area contributed by atoms with Crippen LogP contribution in [-0.2, 0) is 11.4 Å². The minimum atomic E-state index is -4.99. The Balaban J connectivity index is 2.08. The summed E-state index contributed by atoms with van der Waals surface area (Å²) in [6, 6.07) is 3.75. The lowest BCUT2D eigenvalue weighted by Crippen LogP contribution is -2.33. The predicted molar refractivity (Wildman–Crippen MR) is 84.0 cm³/mol. The third kappa shape index (κ3) is 4.26. The molecule has 0 fully saturated rings. The van der Waals surface area contributed by atoms with Crippen molar-refractivity contribution in [3.63, 3.8) is 0 Å². The first-order valence-corrected chi connectivity index (χ1v) is 6.86. The highest BCUT2D eigenvalue weighted by Crippen LogP contribution is 2.26. The number of ether oxygens (including phenoxy) is 1. The van der Waals surface area contributed by atoms with Crippen LogP contribution in [0.4, 0.5) is 30.6 Å². The second-order valence-electron chi connectivity index (χ2n) is 5.06. The molecule has 0 spiro atoms. The van der Waals surface area contributed by atoms with Crippen molar-refractivity contribution in [3.05, 3.63) is 35.4 Å². The summed E-state index contributed by atoms with van der Waals surface area (Å²) in [4.78, 5) is 18.6. The van der Waals surface area contributed by atoms with Crippen molar-refractivity contribution >= 4 is 23.2 Å². The Morgan fingerprint density at radius 2 is 1.72 bits per heavy atom. The number of rotatable bonds is 5. The maximum Gasteiger partial charge on any atom is 0.452 e. The van der Waals surface area contributed by atoms with Gasteiger partial charge in [-0.25, -0.2) is 0 Å². The van der Waals surface area contributed by atoms with Crippen LogP contribution < -0.4 is 27.7 Å². The number of carbonyl (C=O) groups excluding carboxylic acids is 1. The summed E-state index contributed by atoms with van der Waals surface area (Å²) >= 11 is 0. The third-order valence-corrected chi connectivity index (χ3v) is 3.23. The molecule has 0 aliphatic carbocycles. The molecule has 1 aromatic carbocycles. The summed E-state index contributed by atoms with van der Waals surface area (Å²) in [7, 11) is 0. The van der Waals surface area contributed by atoms with Crippen LogP contribution in [0.5, 0.6) is 5.88 Å². The average Bonchev–Trinajstić information content (AvgIpc) is 2.55. The number of Topliss-reactive ketones (excluding diaryl/α,β-unsaturated/α-hetero) is 1. The van der Waals surface area contributed by atoms with Crippen LogP contribution in [0.1, 0.15) is 17.2 Å². The largest absolute Gasteiger partial charge is 0.471 e. The van der Waals surface area contributed by atoms with E-state index in [9.17, 15) is 18.0 Å². The number of alkyl halides is 3. The molecule has 1 atom stereocenters. The van der Waals surface area contributed by atoms with E-state index in [0.29, 0.717) is 5.56 Å². The van der Waals surface area contributed by atoms with E-state index in [1.807, 2.05) is 0 Å². The molecule has 0 amide bonds. The number of hydrogen-bond acceptors (Lipinski definition) is 8. The lowest BCUT2D eigenvalue weighted by molar-refractivity contribution is -0.172. The molecule has 8 nitrogen and oxygen atoms in total. The predicted octanol–water partition coefficient (Wildman–Crippen LogP) is 0.933. The molecule has 0 aliphatic heterocycles. The minimum Gasteiger partial charge on any atom is -0.471 e. The van der Waals surface area contributed by atoms with E-state index in [-0.39, 0.29) is 35.5 Å². The highest BCUT2D eigenvalue weighted by Gasteiger charge is 2.42. The Labute approximate surface area is 140 Å². The molecule has 25 heavy (non-hydrogen) atoms. The van der Waals surface area contributed by atoms with E-state index in [2.05, 4.69) is 9.97 Å². The Bertz CT molecular complexity index is 779. The van der Waals surface area contributed by atoms with E-state index >= 15 is 0 Å². The van der Waals surface area contributed by atoms with Crippen molar-refractivity contribution < 1.29 is 22.7 Å². The summed E-state index contributed by atoms with van der Waals surface area (Å²) in [6.07, 6.45) is -4.99. The van der Waals surface area contributed by atoms with Crippen LogP contribution in [0.3, 0.4) is 0 Å².